The summed E-state index contributed by atoms with van der Waals surface area (Å²) in [6.45, 7) is 0. The van der Waals surface area contributed by atoms with Gasteiger partial charge in [-0.2, -0.15) is 5.10 Å². The number of H-pyrrole nitrogens is 1. The third-order valence-electron chi connectivity index (χ3n) is 3.75. The Bertz CT molecular complexity index is 593. The molecule has 0 spiro atoms. The van der Waals surface area contributed by atoms with Gasteiger partial charge in [0.05, 0.1) is 23.9 Å². The molecule has 1 saturated carbocycles. The first kappa shape index (κ1) is 12.2. The standard InChI is InChI=1S/C14H17N3O2/c18-13-4-2-1-3-12(13)16-14(19)9-5-6-11-10(7-9)8-15-17-11/h5-8,12-13,18H,1-4H2,(H,15,17)(H,16,19)/t12-,13-/m1/s1. The Balaban J connectivity index is 1.75. The Labute approximate surface area is 111 Å². The summed E-state index contributed by atoms with van der Waals surface area (Å²) in [5.41, 5.74) is 1.51. The summed E-state index contributed by atoms with van der Waals surface area (Å²) in [4.78, 5) is 12.2. The van der Waals surface area contributed by atoms with Gasteiger partial charge < -0.3 is 10.4 Å². The number of carbonyl (C=O) groups is 1. The number of aromatic nitrogens is 2. The molecule has 0 radical (unpaired) electrons. The Kier molecular flexibility index (Phi) is 3.21. The SMILES string of the molecule is O=C(N[C@@H]1CCCC[C@H]1O)c1ccc2[nH]ncc2c1. The fourth-order valence-corrected chi connectivity index (χ4v) is 2.62. The molecule has 3 N–H and O–H groups in total. The van der Waals surface area contributed by atoms with Crippen molar-refractivity contribution in [2.45, 2.75) is 37.8 Å². The minimum absolute atomic E-state index is 0.124. The summed E-state index contributed by atoms with van der Waals surface area (Å²) >= 11 is 0. The van der Waals surface area contributed by atoms with Gasteiger partial charge in [0.1, 0.15) is 0 Å². The van der Waals surface area contributed by atoms with Crippen LogP contribution in [0.1, 0.15) is 36.0 Å². The third-order valence-corrected chi connectivity index (χ3v) is 3.75. The van der Waals surface area contributed by atoms with Crippen LogP contribution < -0.4 is 5.32 Å². The lowest BCUT2D eigenvalue weighted by Crippen LogP contribution is -2.45. The first-order valence-electron chi connectivity index (χ1n) is 6.66. The molecular formula is C14H17N3O2. The summed E-state index contributed by atoms with van der Waals surface area (Å²) < 4.78 is 0. The second kappa shape index (κ2) is 5.01. The van der Waals surface area contributed by atoms with Crippen molar-refractivity contribution in [3.63, 3.8) is 0 Å². The number of nitrogens with zero attached hydrogens (tertiary/aromatic N) is 1. The molecule has 0 saturated heterocycles. The number of rotatable bonds is 2. The Morgan fingerprint density at radius 3 is 3.05 bits per heavy atom. The van der Waals surface area contributed by atoms with E-state index in [9.17, 15) is 9.90 Å². The Morgan fingerprint density at radius 1 is 1.37 bits per heavy atom. The van der Waals surface area contributed by atoms with Crippen LogP contribution >= 0.6 is 0 Å². The third kappa shape index (κ3) is 2.46. The van der Waals surface area contributed by atoms with Gasteiger partial charge in [-0.05, 0) is 31.0 Å². The van der Waals surface area contributed by atoms with Gasteiger partial charge >= 0.3 is 0 Å². The summed E-state index contributed by atoms with van der Waals surface area (Å²) in [6.07, 6.45) is 4.99. The normalized spacial score (nSPS) is 23.4. The second-order valence-electron chi connectivity index (χ2n) is 5.10. The zero-order chi connectivity index (χ0) is 13.2. The average Bonchev–Trinajstić information content (AvgIpc) is 2.88. The highest BCUT2D eigenvalue weighted by atomic mass is 16.3. The van der Waals surface area contributed by atoms with Crippen molar-refractivity contribution in [1.82, 2.24) is 15.5 Å². The number of nitrogens with one attached hydrogen (secondary N) is 2. The molecular weight excluding hydrogens is 242 g/mol. The van der Waals surface area contributed by atoms with E-state index in [4.69, 9.17) is 0 Å². The molecule has 5 nitrogen and oxygen atoms in total. The summed E-state index contributed by atoms with van der Waals surface area (Å²) in [5.74, 6) is -0.131. The lowest BCUT2D eigenvalue weighted by molar-refractivity contribution is 0.0717. The molecule has 0 bridgehead atoms. The highest BCUT2D eigenvalue weighted by Crippen LogP contribution is 2.19. The average molecular weight is 259 g/mol. The van der Waals surface area contributed by atoms with Crippen molar-refractivity contribution in [2.24, 2.45) is 0 Å². The zero-order valence-corrected chi connectivity index (χ0v) is 10.6. The van der Waals surface area contributed by atoms with Gasteiger partial charge in [-0.3, -0.25) is 9.89 Å². The Hall–Kier alpha value is -1.88. The number of carbonyl (C=O) groups excluding carboxylic acids is 1. The smallest absolute Gasteiger partial charge is 0.251 e. The number of hydrogen-bond donors (Lipinski definition) is 3. The molecule has 1 amide bonds. The molecule has 2 atom stereocenters. The number of aromatic amines is 1. The highest BCUT2D eigenvalue weighted by molar-refractivity contribution is 5.98. The lowest BCUT2D eigenvalue weighted by atomic mass is 9.92. The molecule has 19 heavy (non-hydrogen) atoms. The number of aliphatic hydroxyl groups is 1. The van der Waals surface area contributed by atoms with Crippen molar-refractivity contribution in [2.75, 3.05) is 0 Å². The van der Waals surface area contributed by atoms with E-state index in [-0.39, 0.29) is 11.9 Å². The fraction of sp³-hybridized carbons (Fsp3) is 0.429. The quantitative estimate of drug-likeness (QED) is 0.766. The van der Waals surface area contributed by atoms with E-state index in [2.05, 4.69) is 15.5 Å². The van der Waals surface area contributed by atoms with Gasteiger partial charge in [-0.1, -0.05) is 12.8 Å². The molecule has 2 aromatic rings. The van der Waals surface area contributed by atoms with Crippen LogP contribution in [0.15, 0.2) is 24.4 Å². The van der Waals surface area contributed by atoms with Crippen molar-refractivity contribution in [3.05, 3.63) is 30.0 Å². The predicted molar refractivity (Wildman–Crippen MR) is 71.8 cm³/mol. The van der Waals surface area contributed by atoms with Crippen LogP contribution in [0.4, 0.5) is 0 Å². The molecule has 1 aromatic carbocycles. The van der Waals surface area contributed by atoms with Crippen LogP contribution in [-0.4, -0.2) is 33.4 Å². The number of fused-ring (bicyclic) bond motifs is 1. The highest BCUT2D eigenvalue weighted by Gasteiger charge is 2.24. The van der Waals surface area contributed by atoms with Crippen LogP contribution in [0.3, 0.4) is 0 Å². The number of aliphatic hydroxyl groups excluding tert-OH is 1. The van der Waals surface area contributed by atoms with Gasteiger partial charge in [0, 0.05) is 10.9 Å². The number of hydrogen-bond acceptors (Lipinski definition) is 3. The van der Waals surface area contributed by atoms with E-state index in [0.29, 0.717) is 5.56 Å². The van der Waals surface area contributed by atoms with E-state index >= 15 is 0 Å². The van der Waals surface area contributed by atoms with Crippen LogP contribution in [0.5, 0.6) is 0 Å². The summed E-state index contributed by atoms with van der Waals surface area (Å²) in [7, 11) is 0. The molecule has 1 aliphatic rings. The summed E-state index contributed by atoms with van der Waals surface area (Å²) in [5, 5.41) is 20.5. The van der Waals surface area contributed by atoms with Gasteiger partial charge in [-0.15, -0.1) is 0 Å². The monoisotopic (exact) mass is 259 g/mol. The van der Waals surface area contributed by atoms with E-state index in [1.165, 1.54) is 0 Å². The maximum absolute atomic E-state index is 12.2. The topological polar surface area (TPSA) is 78.0 Å². The van der Waals surface area contributed by atoms with Crippen LogP contribution in [0.2, 0.25) is 0 Å². The van der Waals surface area contributed by atoms with E-state index in [0.717, 1.165) is 36.6 Å². The molecule has 100 valence electrons. The lowest BCUT2D eigenvalue weighted by Gasteiger charge is -2.28. The van der Waals surface area contributed by atoms with E-state index in [1.54, 1.807) is 12.3 Å². The molecule has 0 aliphatic heterocycles. The summed E-state index contributed by atoms with van der Waals surface area (Å²) in [6, 6.07) is 5.30. The number of amides is 1. The second-order valence-corrected chi connectivity index (χ2v) is 5.10. The van der Waals surface area contributed by atoms with Crippen molar-refractivity contribution in [1.29, 1.82) is 0 Å². The van der Waals surface area contributed by atoms with E-state index < -0.39 is 6.10 Å². The van der Waals surface area contributed by atoms with Crippen LogP contribution in [0.25, 0.3) is 10.9 Å². The molecule has 5 heteroatoms. The maximum atomic E-state index is 12.2. The van der Waals surface area contributed by atoms with Crippen molar-refractivity contribution >= 4 is 16.8 Å². The first-order valence-corrected chi connectivity index (χ1v) is 6.66. The molecule has 0 unspecified atom stereocenters. The van der Waals surface area contributed by atoms with Crippen LogP contribution in [-0.2, 0) is 0 Å². The predicted octanol–water partition coefficient (Wildman–Crippen LogP) is 1.60. The van der Waals surface area contributed by atoms with Gasteiger partial charge in [-0.25, -0.2) is 0 Å². The maximum Gasteiger partial charge on any atom is 0.251 e. The van der Waals surface area contributed by atoms with Gasteiger partial charge in [0.15, 0.2) is 0 Å². The minimum Gasteiger partial charge on any atom is -0.391 e. The van der Waals surface area contributed by atoms with Crippen LogP contribution in [0, 0.1) is 0 Å². The molecule has 1 heterocycles. The largest absolute Gasteiger partial charge is 0.391 e. The number of benzene rings is 1. The Morgan fingerprint density at radius 2 is 2.21 bits per heavy atom. The van der Waals surface area contributed by atoms with Gasteiger partial charge in [0.2, 0.25) is 0 Å². The first-order chi connectivity index (χ1) is 9.24. The van der Waals surface area contributed by atoms with Crippen molar-refractivity contribution < 1.29 is 9.90 Å². The molecule has 1 aliphatic carbocycles. The molecule has 1 fully saturated rings. The fourth-order valence-electron chi connectivity index (χ4n) is 2.62. The minimum atomic E-state index is -0.421. The van der Waals surface area contributed by atoms with Crippen molar-refractivity contribution in [3.8, 4) is 0 Å². The zero-order valence-electron chi connectivity index (χ0n) is 10.6. The molecule has 3 rings (SSSR count). The molecule has 1 aromatic heterocycles. The van der Waals surface area contributed by atoms with E-state index in [1.807, 2.05) is 12.1 Å². The van der Waals surface area contributed by atoms with Gasteiger partial charge in [0.25, 0.3) is 5.91 Å².